The van der Waals surface area contributed by atoms with Gasteiger partial charge in [-0.25, -0.2) is 0 Å². The number of hydrogen-bond donors (Lipinski definition) is 1. The van der Waals surface area contributed by atoms with E-state index in [2.05, 4.69) is 53.6 Å². The van der Waals surface area contributed by atoms with Gasteiger partial charge in [0, 0.05) is 43.9 Å². The number of aliphatic hydroxyl groups is 1. The van der Waals surface area contributed by atoms with Gasteiger partial charge in [-0.2, -0.15) is 0 Å². The van der Waals surface area contributed by atoms with Crippen molar-refractivity contribution >= 4 is 5.69 Å². The molecule has 0 aliphatic carbocycles. The highest BCUT2D eigenvalue weighted by molar-refractivity contribution is 5.71. The van der Waals surface area contributed by atoms with Gasteiger partial charge in [-0.15, -0.1) is 0 Å². The Kier molecular flexibility index (Phi) is 4.76. The maximum Gasteiger partial charge on any atom is 0.127 e. The molecular formula is C19H31NO2. The number of aliphatic hydroxyl groups excluding tert-OH is 1. The topological polar surface area (TPSA) is 32.7 Å². The summed E-state index contributed by atoms with van der Waals surface area (Å²) in [6.07, 6.45) is 2.62. The van der Waals surface area contributed by atoms with Gasteiger partial charge in [0.2, 0.25) is 0 Å². The van der Waals surface area contributed by atoms with Crippen LogP contribution in [0.15, 0.2) is 0 Å². The smallest absolute Gasteiger partial charge is 0.127 e. The molecule has 0 spiro atoms. The van der Waals surface area contributed by atoms with Crippen molar-refractivity contribution in [2.45, 2.75) is 65.4 Å². The second-order valence-electron chi connectivity index (χ2n) is 7.59. The van der Waals surface area contributed by atoms with E-state index in [0.717, 1.165) is 25.0 Å². The molecule has 1 aliphatic rings. The van der Waals surface area contributed by atoms with Gasteiger partial charge in [-0.1, -0.05) is 13.8 Å². The minimum atomic E-state index is -0.139. The van der Waals surface area contributed by atoms with Crippen LogP contribution in [-0.2, 0) is 12.8 Å². The van der Waals surface area contributed by atoms with Crippen molar-refractivity contribution in [3.8, 4) is 5.75 Å². The first-order valence-corrected chi connectivity index (χ1v) is 8.35. The van der Waals surface area contributed by atoms with Crippen LogP contribution in [0, 0.1) is 6.92 Å². The summed E-state index contributed by atoms with van der Waals surface area (Å²) in [6, 6.07) is 0. The van der Waals surface area contributed by atoms with Crippen molar-refractivity contribution in [3.63, 3.8) is 0 Å². The van der Waals surface area contributed by atoms with Crippen LogP contribution >= 0.6 is 0 Å². The predicted octanol–water partition coefficient (Wildman–Crippen LogP) is 3.82. The van der Waals surface area contributed by atoms with Crippen molar-refractivity contribution in [2.75, 3.05) is 25.6 Å². The molecule has 2 rings (SSSR count). The third-order valence-electron chi connectivity index (χ3n) is 4.53. The molecule has 0 saturated carbocycles. The fourth-order valence-corrected chi connectivity index (χ4v) is 3.74. The lowest BCUT2D eigenvalue weighted by Crippen LogP contribution is -2.25. The van der Waals surface area contributed by atoms with E-state index in [0.29, 0.717) is 5.92 Å². The number of benzene rings is 1. The fraction of sp³-hybridized carbons (Fsp3) is 0.684. The van der Waals surface area contributed by atoms with Crippen molar-refractivity contribution in [3.05, 3.63) is 22.3 Å². The lowest BCUT2D eigenvalue weighted by Gasteiger charge is -2.28. The first kappa shape index (κ1) is 17.1. The molecule has 124 valence electrons. The summed E-state index contributed by atoms with van der Waals surface area (Å²) in [5.74, 6) is 1.52. The Morgan fingerprint density at radius 1 is 1.27 bits per heavy atom. The van der Waals surface area contributed by atoms with E-state index < -0.39 is 0 Å². The number of hydrogen-bond acceptors (Lipinski definition) is 3. The summed E-state index contributed by atoms with van der Waals surface area (Å²) in [5.41, 5.74) is 6.59. The van der Waals surface area contributed by atoms with Crippen LogP contribution in [0.3, 0.4) is 0 Å². The lowest BCUT2D eigenvalue weighted by atomic mass is 9.85. The summed E-state index contributed by atoms with van der Waals surface area (Å²) in [5, 5.41) is 9.29. The van der Waals surface area contributed by atoms with Gasteiger partial charge in [0.15, 0.2) is 0 Å². The molecule has 0 saturated heterocycles. The normalized spacial score (nSPS) is 15.9. The van der Waals surface area contributed by atoms with Crippen LogP contribution in [-0.4, -0.2) is 31.4 Å². The number of fused-ring (bicyclic) bond motifs is 1. The van der Waals surface area contributed by atoms with Crippen molar-refractivity contribution in [1.29, 1.82) is 0 Å². The summed E-state index contributed by atoms with van der Waals surface area (Å²) >= 11 is 0. The molecule has 22 heavy (non-hydrogen) atoms. The highest BCUT2D eigenvalue weighted by Crippen LogP contribution is 2.48. The van der Waals surface area contributed by atoms with E-state index in [1.165, 1.54) is 27.9 Å². The molecule has 1 heterocycles. The SMILES string of the molecule is Cc1c2c(c(CCCO)c(C(C)C)c1N(C)C)OC(C)(C)C2. The van der Waals surface area contributed by atoms with Crippen molar-refractivity contribution < 1.29 is 9.84 Å². The first-order valence-electron chi connectivity index (χ1n) is 8.35. The molecule has 3 nitrogen and oxygen atoms in total. The van der Waals surface area contributed by atoms with Crippen LogP contribution in [0.1, 0.15) is 62.3 Å². The molecule has 1 N–H and O–H groups in total. The second kappa shape index (κ2) is 6.11. The van der Waals surface area contributed by atoms with E-state index >= 15 is 0 Å². The van der Waals surface area contributed by atoms with E-state index in [1.54, 1.807) is 0 Å². The number of rotatable bonds is 5. The Morgan fingerprint density at radius 3 is 2.41 bits per heavy atom. The van der Waals surface area contributed by atoms with E-state index in [-0.39, 0.29) is 12.2 Å². The van der Waals surface area contributed by atoms with Crippen LogP contribution in [0.5, 0.6) is 5.75 Å². The number of ether oxygens (including phenoxy) is 1. The van der Waals surface area contributed by atoms with Gasteiger partial charge in [0.1, 0.15) is 11.4 Å². The quantitative estimate of drug-likeness (QED) is 0.897. The molecule has 0 radical (unpaired) electrons. The monoisotopic (exact) mass is 305 g/mol. The second-order valence-corrected chi connectivity index (χ2v) is 7.59. The third kappa shape index (κ3) is 2.96. The third-order valence-corrected chi connectivity index (χ3v) is 4.53. The Morgan fingerprint density at radius 2 is 1.91 bits per heavy atom. The minimum absolute atomic E-state index is 0.139. The number of anilines is 1. The summed E-state index contributed by atoms with van der Waals surface area (Å²) in [4.78, 5) is 2.23. The first-order chi connectivity index (χ1) is 10.2. The molecule has 1 aromatic rings. The molecule has 0 unspecified atom stereocenters. The van der Waals surface area contributed by atoms with Gasteiger partial charge in [-0.3, -0.25) is 0 Å². The van der Waals surface area contributed by atoms with Crippen molar-refractivity contribution in [2.24, 2.45) is 0 Å². The largest absolute Gasteiger partial charge is 0.487 e. The van der Waals surface area contributed by atoms with Gasteiger partial charge >= 0.3 is 0 Å². The van der Waals surface area contributed by atoms with E-state index in [4.69, 9.17) is 4.74 Å². The molecule has 0 atom stereocenters. The molecule has 0 fully saturated rings. The van der Waals surface area contributed by atoms with Crippen LogP contribution < -0.4 is 9.64 Å². The Hall–Kier alpha value is -1.22. The highest BCUT2D eigenvalue weighted by atomic mass is 16.5. The number of nitrogens with zero attached hydrogens (tertiary/aromatic N) is 1. The van der Waals surface area contributed by atoms with Crippen LogP contribution in [0.2, 0.25) is 0 Å². The van der Waals surface area contributed by atoms with Crippen LogP contribution in [0.4, 0.5) is 5.69 Å². The molecule has 0 amide bonds. The van der Waals surface area contributed by atoms with Crippen molar-refractivity contribution in [1.82, 2.24) is 0 Å². The maximum atomic E-state index is 9.29. The molecule has 0 aromatic heterocycles. The van der Waals surface area contributed by atoms with E-state index in [1.807, 2.05) is 0 Å². The molecular weight excluding hydrogens is 274 g/mol. The minimum Gasteiger partial charge on any atom is -0.487 e. The zero-order valence-electron chi connectivity index (χ0n) is 15.2. The summed E-state index contributed by atoms with van der Waals surface area (Å²) < 4.78 is 6.33. The zero-order chi connectivity index (χ0) is 16.7. The summed E-state index contributed by atoms with van der Waals surface area (Å²) in [7, 11) is 4.24. The lowest BCUT2D eigenvalue weighted by molar-refractivity contribution is 0.137. The Bertz CT molecular complexity index is 559. The van der Waals surface area contributed by atoms with Gasteiger partial charge < -0.3 is 14.7 Å². The molecule has 0 bridgehead atoms. The molecule has 3 heteroatoms. The Balaban J connectivity index is 2.73. The van der Waals surface area contributed by atoms with Gasteiger partial charge in [0.05, 0.1) is 0 Å². The highest BCUT2D eigenvalue weighted by Gasteiger charge is 2.36. The fourth-order valence-electron chi connectivity index (χ4n) is 3.74. The van der Waals surface area contributed by atoms with Gasteiger partial charge in [0.25, 0.3) is 0 Å². The molecule has 1 aromatic carbocycles. The van der Waals surface area contributed by atoms with Crippen LogP contribution in [0.25, 0.3) is 0 Å². The standard InChI is InChI=1S/C19H31NO2/c1-12(2)16-14(9-8-10-21)18-15(11-19(4,5)22-18)13(3)17(16)20(6)7/h12,21H,8-11H2,1-7H3. The average molecular weight is 305 g/mol. The average Bonchev–Trinajstić information content (AvgIpc) is 2.72. The predicted molar refractivity (Wildman–Crippen MR) is 93.4 cm³/mol. The zero-order valence-corrected chi connectivity index (χ0v) is 15.2. The molecule has 1 aliphatic heterocycles. The van der Waals surface area contributed by atoms with Gasteiger partial charge in [-0.05, 0) is 50.7 Å². The Labute approximate surface area is 135 Å². The maximum absolute atomic E-state index is 9.29. The summed E-state index contributed by atoms with van der Waals surface area (Å²) in [6.45, 7) is 11.3. The van der Waals surface area contributed by atoms with E-state index in [9.17, 15) is 5.11 Å².